The summed E-state index contributed by atoms with van der Waals surface area (Å²) in [6.45, 7) is 0.332. The topological polar surface area (TPSA) is 84.7 Å². The molecule has 0 saturated heterocycles. The zero-order valence-electron chi connectivity index (χ0n) is 19.1. The molecule has 1 fully saturated rings. The van der Waals surface area contributed by atoms with E-state index >= 15 is 0 Å². The van der Waals surface area contributed by atoms with Crippen LogP contribution in [0.15, 0.2) is 59.1 Å². The van der Waals surface area contributed by atoms with Gasteiger partial charge in [0.15, 0.2) is 0 Å². The number of para-hydroxylation sites is 1. The molecule has 3 N–H and O–H groups in total. The number of hydrogen-bond donors (Lipinski definition) is 2. The molecule has 7 heteroatoms. The van der Waals surface area contributed by atoms with Gasteiger partial charge in [0.25, 0.3) is 0 Å². The molecule has 2 atom stereocenters. The van der Waals surface area contributed by atoms with Crippen molar-refractivity contribution >= 4 is 44.2 Å². The maximum absolute atomic E-state index is 13.9. The summed E-state index contributed by atoms with van der Waals surface area (Å²) in [7, 11) is 1.64. The molecule has 0 aromatic heterocycles. The largest absolute Gasteiger partial charge is 0.496 e. The molecule has 2 amide bonds. The SMILES string of the molecule is COc1ccc2cc(Br)ccc2c1CN1C(=O)[C@@H](NC(=O)[C@@H](N)C2CC2)CCc2ccccc21. The van der Waals surface area contributed by atoms with Crippen molar-refractivity contribution in [3.05, 3.63) is 70.2 Å². The zero-order valence-corrected chi connectivity index (χ0v) is 20.7. The summed E-state index contributed by atoms with van der Waals surface area (Å²) in [5, 5.41) is 5.04. The fourth-order valence-electron chi connectivity index (χ4n) is 4.81. The summed E-state index contributed by atoms with van der Waals surface area (Å²) in [5.41, 5.74) is 9.00. The lowest BCUT2D eigenvalue weighted by Crippen LogP contribution is -2.52. The standard InChI is InChI=1S/C27H28BrN3O3/c1-34-24-13-9-18-14-19(28)10-11-20(18)21(24)15-31-23-5-3-2-4-16(23)8-12-22(27(31)33)30-26(32)25(29)17-6-7-17/h2-5,9-11,13-14,17,22,25H,6-8,12,15,29H2,1H3,(H,30,32)/t22-,25-/m0/s1. The highest BCUT2D eigenvalue weighted by molar-refractivity contribution is 9.10. The van der Waals surface area contributed by atoms with E-state index in [1.807, 2.05) is 48.5 Å². The predicted molar refractivity (Wildman–Crippen MR) is 137 cm³/mol. The van der Waals surface area contributed by atoms with Gasteiger partial charge in [0.05, 0.1) is 19.7 Å². The van der Waals surface area contributed by atoms with Crippen molar-refractivity contribution in [2.45, 2.75) is 44.3 Å². The quantitative estimate of drug-likeness (QED) is 0.506. The van der Waals surface area contributed by atoms with E-state index in [2.05, 4.69) is 27.3 Å². The first kappa shape index (κ1) is 22.9. The molecule has 6 nitrogen and oxygen atoms in total. The van der Waals surface area contributed by atoms with Gasteiger partial charge in [0.1, 0.15) is 11.8 Å². The van der Waals surface area contributed by atoms with Gasteiger partial charge in [0, 0.05) is 15.7 Å². The molecule has 0 radical (unpaired) electrons. The predicted octanol–water partition coefficient (Wildman–Crippen LogP) is 4.31. The lowest BCUT2D eigenvalue weighted by Gasteiger charge is -2.28. The monoisotopic (exact) mass is 521 g/mol. The number of aryl methyl sites for hydroxylation is 1. The number of benzene rings is 3. The number of hydrogen-bond acceptors (Lipinski definition) is 4. The highest BCUT2D eigenvalue weighted by atomic mass is 79.9. The molecule has 176 valence electrons. The minimum Gasteiger partial charge on any atom is -0.496 e. The van der Waals surface area contributed by atoms with Crippen LogP contribution in [0.2, 0.25) is 0 Å². The van der Waals surface area contributed by atoms with Crippen LogP contribution in [0.1, 0.15) is 30.4 Å². The fraction of sp³-hybridized carbons (Fsp3) is 0.333. The Bertz CT molecular complexity index is 1260. The van der Waals surface area contributed by atoms with Crippen LogP contribution in [0.3, 0.4) is 0 Å². The van der Waals surface area contributed by atoms with Crippen LogP contribution >= 0.6 is 15.9 Å². The number of anilines is 1. The summed E-state index contributed by atoms with van der Waals surface area (Å²) < 4.78 is 6.69. The van der Waals surface area contributed by atoms with Gasteiger partial charge in [-0.3, -0.25) is 9.59 Å². The van der Waals surface area contributed by atoms with Crippen molar-refractivity contribution in [3.8, 4) is 5.75 Å². The summed E-state index contributed by atoms with van der Waals surface area (Å²) in [5.74, 6) is 0.589. The average molecular weight is 522 g/mol. The Balaban J connectivity index is 1.53. The van der Waals surface area contributed by atoms with Crippen molar-refractivity contribution in [2.75, 3.05) is 12.0 Å². The van der Waals surface area contributed by atoms with E-state index < -0.39 is 12.1 Å². The number of rotatable bonds is 6. The Kier molecular flexibility index (Phi) is 6.32. The maximum atomic E-state index is 13.9. The molecule has 0 spiro atoms. The van der Waals surface area contributed by atoms with Crippen LogP contribution < -0.4 is 20.7 Å². The molecule has 1 heterocycles. The van der Waals surface area contributed by atoms with Crippen molar-refractivity contribution in [1.82, 2.24) is 5.32 Å². The lowest BCUT2D eigenvalue weighted by atomic mass is 10.0. The third-order valence-electron chi connectivity index (χ3n) is 6.88. The summed E-state index contributed by atoms with van der Waals surface area (Å²) >= 11 is 3.54. The second-order valence-corrected chi connectivity index (χ2v) is 10.0. The number of nitrogens with zero attached hydrogens (tertiary/aromatic N) is 1. The minimum absolute atomic E-state index is 0.127. The summed E-state index contributed by atoms with van der Waals surface area (Å²) in [6, 6.07) is 16.8. The van der Waals surface area contributed by atoms with E-state index in [4.69, 9.17) is 10.5 Å². The highest BCUT2D eigenvalue weighted by Crippen LogP contribution is 2.35. The van der Waals surface area contributed by atoms with E-state index in [-0.39, 0.29) is 17.7 Å². The van der Waals surface area contributed by atoms with Crippen LogP contribution in [0, 0.1) is 5.92 Å². The molecule has 1 aliphatic heterocycles. The van der Waals surface area contributed by atoms with Crippen LogP contribution in [0.4, 0.5) is 5.69 Å². The van der Waals surface area contributed by atoms with Crippen molar-refractivity contribution < 1.29 is 14.3 Å². The van der Waals surface area contributed by atoms with Gasteiger partial charge >= 0.3 is 0 Å². The smallest absolute Gasteiger partial charge is 0.249 e. The van der Waals surface area contributed by atoms with Crippen LogP contribution in [0.25, 0.3) is 10.8 Å². The van der Waals surface area contributed by atoms with Crippen LogP contribution in [-0.2, 0) is 22.6 Å². The van der Waals surface area contributed by atoms with Crippen molar-refractivity contribution in [2.24, 2.45) is 11.7 Å². The van der Waals surface area contributed by atoms with Gasteiger partial charge in [-0.1, -0.05) is 46.3 Å². The molecule has 0 bridgehead atoms. The van der Waals surface area contributed by atoms with Gasteiger partial charge in [-0.05, 0) is 72.2 Å². The highest BCUT2D eigenvalue weighted by Gasteiger charge is 2.37. The second kappa shape index (κ2) is 9.39. The summed E-state index contributed by atoms with van der Waals surface area (Å²) in [6.07, 6.45) is 3.18. The number of carbonyl (C=O) groups excluding carboxylic acids is 2. The van der Waals surface area contributed by atoms with Gasteiger partial charge < -0.3 is 20.7 Å². The molecule has 3 aromatic rings. The number of amides is 2. The molecule has 1 saturated carbocycles. The Morgan fingerprint density at radius 2 is 1.97 bits per heavy atom. The molecule has 34 heavy (non-hydrogen) atoms. The zero-order chi connectivity index (χ0) is 23.8. The van der Waals surface area contributed by atoms with Crippen molar-refractivity contribution in [3.63, 3.8) is 0 Å². The number of fused-ring (bicyclic) bond motifs is 2. The van der Waals surface area contributed by atoms with E-state index in [0.717, 1.165) is 50.7 Å². The first-order valence-electron chi connectivity index (χ1n) is 11.7. The molecule has 1 aliphatic carbocycles. The minimum atomic E-state index is -0.625. The van der Waals surface area contributed by atoms with Crippen molar-refractivity contribution in [1.29, 1.82) is 0 Å². The van der Waals surface area contributed by atoms with E-state index in [0.29, 0.717) is 19.4 Å². The normalized spacial score (nSPS) is 18.9. The fourth-order valence-corrected chi connectivity index (χ4v) is 5.19. The summed E-state index contributed by atoms with van der Waals surface area (Å²) in [4.78, 5) is 28.4. The Labute approximate surface area is 207 Å². The Hall–Kier alpha value is -2.90. The van der Waals surface area contributed by atoms with E-state index in [9.17, 15) is 9.59 Å². The second-order valence-electron chi connectivity index (χ2n) is 9.13. The van der Waals surface area contributed by atoms with Crippen LogP contribution in [0.5, 0.6) is 5.75 Å². The molecule has 3 aromatic carbocycles. The Morgan fingerprint density at radius 3 is 2.74 bits per heavy atom. The number of methoxy groups -OCH3 is 1. The number of nitrogens with one attached hydrogen (secondary N) is 1. The third-order valence-corrected chi connectivity index (χ3v) is 7.38. The number of carbonyl (C=O) groups is 2. The average Bonchev–Trinajstić information content (AvgIpc) is 3.70. The van der Waals surface area contributed by atoms with E-state index in [1.165, 1.54) is 0 Å². The molecule has 2 aliphatic rings. The first-order valence-corrected chi connectivity index (χ1v) is 12.5. The van der Waals surface area contributed by atoms with Gasteiger partial charge in [-0.2, -0.15) is 0 Å². The van der Waals surface area contributed by atoms with Gasteiger partial charge in [0.2, 0.25) is 11.8 Å². The maximum Gasteiger partial charge on any atom is 0.249 e. The van der Waals surface area contributed by atoms with E-state index in [1.54, 1.807) is 12.0 Å². The third kappa shape index (κ3) is 4.42. The van der Waals surface area contributed by atoms with Gasteiger partial charge in [-0.25, -0.2) is 0 Å². The molecular formula is C27H28BrN3O3. The Morgan fingerprint density at radius 1 is 1.18 bits per heavy atom. The molecular weight excluding hydrogens is 494 g/mol. The number of nitrogens with two attached hydrogens (primary N) is 1. The number of halogens is 1. The van der Waals surface area contributed by atoms with Crippen LogP contribution in [-0.4, -0.2) is 31.0 Å². The van der Waals surface area contributed by atoms with Gasteiger partial charge in [-0.15, -0.1) is 0 Å². The lowest BCUT2D eigenvalue weighted by molar-refractivity contribution is -0.128. The molecule has 5 rings (SSSR count). The first-order chi connectivity index (χ1) is 16.5. The molecule has 0 unspecified atom stereocenters. The number of ether oxygens (including phenoxy) is 1.